The quantitative estimate of drug-likeness (QED) is 0.306. The minimum Gasteiger partial charge on any atom is -0.500 e. The van der Waals surface area contributed by atoms with Crippen LogP contribution in [0.2, 0.25) is 0 Å². The van der Waals surface area contributed by atoms with Crippen molar-refractivity contribution in [2.75, 3.05) is 30.5 Å². The number of nitro groups is 1. The van der Waals surface area contributed by atoms with Gasteiger partial charge in [0.05, 0.1) is 22.1 Å². The van der Waals surface area contributed by atoms with Crippen LogP contribution >= 0.6 is 24.0 Å². The fraction of sp³-hybridized carbons (Fsp3) is 0.200. The molecule has 0 bridgehead atoms. The van der Waals surface area contributed by atoms with E-state index in [0.717, 1.165) is 17.4 Å². The molecule has 0 saturated carbocycles. The van der Waals surface area contributed by atoms with Crippen molar-refractivity contribution in [1.82, 2.24) is 0 Å². The fourth-order valence-corrected chi connectivity index (χ4v) is 4.14. The van der Waals surface area contributed by atoms with Crippen LogP contribution in [0.3, 0.4) is 0 Å². The maximum Gasteiger partial charge on any atom is 0.315 e. The summed E-state index contributed by atoms with van der Waals surface area (Å²) in [6.07, 6.45) is 1.50. The van der Waals surface area contributed by atoms with Gasteiger partial charge in [0.1, 0.15) is 0 Å². The number of benzene rings is 2. The molecule has 1 aliphatic rings. The van der Waals surface area contributed by atoms with E-state index in [1.807, 2.05) is 43.3 Å². The number of carbonyl (C=O) groups excluding carboxylic acids is 1. The predicted octanol–water partition coefficient (Wildman–Crippen LogP) is 4.17. The number of aromatic hydroxyl groups is 1. The van der Waals surface area contributed by atoms with E-state index in [2.05, 4.69) is 0 Å². The number of thiocarbonyl (C=S) groups is 1. The first kappa shape index (κ1) is 21.6. The highest BCUT2D eigenvalue weighted by molar-refractivity contribution is 8.27. The van der Waals surface area contributed by atoms with Gasteiger partial charge < -0.3 is 14.7 Å². The maximum absolute atomic E-state index is 13.0. The van der Waals surface area contributed by atoms with E-state index >= 15 is 0 Å². The molecule has 30 heavy (non-hydrogen) atoms. The van der Waals surface area contributed by atoms with Gasteiger partial charge in [0.15, 0.2) is 10.1 Å². The number of ether oxygens (including phenoxy) is 1. The third kappa shape index (κ3) is 4.24. The number of thioether (sulfide) groups is 1. The maximum atomic E-state index is 13.0. The highest BCUT2D eigenvalue weighted by Gasteiger charge is 2.33. The number of phenols is 1. The van der Waals surface area contributed by atoms with E-state index in [9.17, 15) is 20.0 Å². The number of nitrogens with zero attached hydrogens (tertiary/aromatic N) is 3. The summed E-state index contributed by atoms with van der Waals surface area (Å²) in [5.41, 5.74) is 1.48. The minimum absolute atomic E-state index is 0.0206. The number of amides is 1. The molecule has 2 aromatic rings. The van der Waals surface area contributed by atoms with Crippen LogP contribution in [0.4, 0.5) is 17.1 Å². The Morgan fingerprint density at radius 2 is 1.97 bits per heavy atom. The number of hydrogen-bond donors (Lipinski definition) is 1. The van der Waals surface area contributed by atoms with Crippen LogP contribution in [-0.4, -0.2) is 41.0 Å². The Hall–Kier alpha value is -3.11. The fourth-order valence-electron chi connectivity index (χ4n) is 2.84. The summed E-state index contributed by atoms with van der Waals surface area (Å²) in [5, 5.41) is 21.3. The van der Waals surface area contributed by atoms with Crippen LogP contribution < -0.4 is 14.5 Å². The van der Waals surface area contributed by atoms with E-state index in [-0.39, 0.29) is 18.3 Å². The van der Waals surface area contributed by atoms with Crippen LogP contribution in [-0.2, 0) is 4.79 Å². The van der Waals surface area contributed by atoms with Crippen molar-refractivity contribution in [1.29, 1.82) is 0 Å². The van der Waals surface area contributed by atoms with Gasteiger partial charge in [-0.3, -0.25) is 19.8 Å². The molecule has 2 aromatic carbocycles. The summed E-state index contributed by atoms with van der Waals surface area (Å²) in [6, 6.07) is 10.0. The van der Waals surface area contributed by atoms with Crippen molar-refractivity contribution in [3.8, 4) is 11.5 Å². The van der Waals surface area contributed by atoms with Gasteiger partial charge in [-0.2, -0.15) is 0 Å². The Bertz CT molecular complexity index is 1050. The molecule has 0 aliphatic carbocycles. The zero-order valence-electron chi connectivity index (χ0n) is 16.5. The molecule has 0 radical (unpaired) electrons. The van der Waals surface area contributed by atoms with Crippen molar-refractivity contribution >= 4 is 57.3 Å². The van der Waals surface area contributed by atoms with E-state index in [1.54, 1.807) is 6.92 Å². The van der Waals surface area contributed by atoms with Crippen LogP contribution in [0.5, 0.6) is 11.5 Å². The summed E-state index contributed by atoms with van der Waals surface area (Å²) in [7, 11) is 3.84. The molecule has 10 heteroatoms. The lowest BCUT2D eigenvalue weighted by molar-refractivity contribution is -0.386. The second-order valence-corrected chi connectivity index (χ2v) is 8.18. The molecule has 0 atom stereocenters. The molecule has 1 amide bonds. The first-order chi connectivity index (χ1) is 14.2. The normalized spacial score (nSPS) is 15.0. The lowest BCUT2D eigenvalue weighted by Crippen LogP contribution is -2.27. The standard InChI is InChI=1S/C20H19N3O5S2/c1-4-28-16-10-12(9-15(18(16)24)23(26)27)11-17-19(25)22(20(29)30-17)14-7-5-13(6-8-14)21(2)3/h5-11,24H,4H2,1-3H3/b17-11-. The monoisotopic (exact) mass is 445 g/mol. The Labute approximate surface area is 182 Å². The van der Waals surface area contributed by atoms with Crippen LogP contribution in [0.25, 0.3) is 6.08 Å². The van der Waals surface area contributed by atoms with E-state index in [1.165, 1.54) is 23.1 Å². The molecule has 1 fully saturated rings. The minimum atomic E-state index is -0.702. The van der Waals surface area contributed by atoms with Crippen molar-refractivity contribution < 1.29 is 19.6 Å². The second-order valence-electron chi connectivity index (χ2n) is 6.50. The van der Waals surface area contributed by atoms with E-state index in [4.69, 9.17) is 17.0 Å². The third-order valence-corrected chi connectivity index (χ3v) is 5.59. The summed E-state index contributed by atoms with van der Waals surface area (Å²) in [6.45, 7) is 1.92. The zero-order valence-corrected chi connectivity index (χ0v) is 18.1. The number of hydrogen-bond acceptors (Lipinski definition) is 8. The van der Waals surface area contributed by atoms with E-state index in [0.29, 0.717) is 20.5 Å². The van der Waals surface area contributed by atoms with Crippen molar-refractivity contribution in [3.05, 3.63) is 57.0 Å². The molecule has 1 N–H and O–H groups in total. The first-order valence-electron chi connectivity index (χ1n) is 8.92. The van der Waals surface area contributed by atoms with Gasteiger partial charge in [-0.25, -0.2) is 0 Å². The van der Waals surface area contributed by atoms with Gasteiger partial charge in [-0.15, -0.1) is 0 Å². The third-order valence-electron chi connectivity index (χ3n) is 4.29. The molecular weight excluding hydrogens is 426 g/mol. The van der Waals surface area contributed by atoms with Gasteiger partial charge in [-0.05, 0) is 48.9 Å². The Morgan fingerprint density at radius 3 is 2.53 bits per heavy atom. The van der Waals surface area contributed by atoms with Crippen LogP contribution in [0.1, 0.15) is 12.5 Å². The Morgan fingerprint density at radius 1 is 1.30 bits per heavy atom. The average molecular weight is 446 g/mol. The van der Waals surface area contributed by atoms with Crippen molar-refractivity contribution in [2.24, 2.45) is 0 Å². The Kier molecular flexibility index (Phi) is 6.28. The highest BCUT2D eigenvalue weighted by atomic mass is 32.2. The summed E-state index contributed by atoms with van der Waals surface area (Å²) in [5.74, 6) is -0.892. The number of phenolic OH excluding ortho intramolecular Hbond substituents is 1. The predicted molar refractivity (Wildman–Crippen MR) is 122 cm³/mol. The Balaban J connectivity index is 1.96. The molecular formula is C20H19N3O5S2. The van der Waals surface area contributed by atoms with Crippen molar-refractivity contribution in [2.45, 2.75) is 6.92 Å². The average Bonchev–Trinajstić information content (AvgIpc) is 2.97. The molecule has 1 aliphatic heterocycles. The largest absolute Gasteiger partial charge is 0.500 e. The number of rotatable bonds is 6. The summed E-state index contributed by atoms with van der Waals surface area (Å²) < 4.78 is 5.65. The van der Waals surface area contributed by atoms with Gasteiger partial charge in [0, 0.05) is 25.8 Å². The lowest BCUT2D eigenvalue weighted by Gasteiger charge is -2.17. The number of anilines is 2. The molecule has 0 aromatic heterocycles. The number of nitro benzene ring substituents is 1. The molecule has 1 heterocycles. The summed E-state index contributed by atoms with van der Waals surface area (Å²) >= 11 is 6.48. The van der Waals surface area contributed by atoms with Crippen molar-refractivity contribution in [3.63, 3.8) is 0 Å². The molecule has 3 rings (SSSR count). The molecule has 1 saturated heterocycles. The van der Waals surface area contributed by atoms with Gasteiger partial charge in [-0.1, -0.05) is 24.0 Å². The van der Waals surface area contributed by atoms with Gasteiger partial charge in [0.25, 0.3) is 5.91 Å². The van der Waals surface area contributed by atoms with E-state index < -0.39 is 16.4 Å². The second kappa shape index (κ2) is 8.72. The van der Waals surface area contributed by atoms with Crippen LogP contribution in [0.15, 0.2) is 41.3 Å². The molecule has 0 unspecified atom stereocenters. The van der Waals surface area contributed by atoms with Gasteiger partial charge in [0.2, 0.25) is 5.75 Å². The van der Waals surface area contributed by atoms with Crippen LogP contribution in [0, 0.1) is 10.1 Å². The molecule has 8 nitrogen and oxygen atoms in total. The zero-order chi connectivity index (χ0) is 22.0. The molecule has 0 spiro atoms. The highest BCUT2D eigenvalue weighted by Crippen LogP contribution is 2.40. The van der Waals surface area contributed by atoms with Gasteiger partial charge >= 0.3 is 5.69 Å². The lowest BCUT2D eigenvalue weighted by atomic mass is 10.1. The SMILES string of the molecule is CCOc1cc(/C=C2\SC(=S)N(c3ccc(N(C)C)cc3)C2=O)cc([N+](=O)[O-])c1O. The smallest absolute Gasteiger partial charge is 0.315 e. The molecule has 156 valence electrons. The first-order valence-corrected chi connectivity index (χ1v) is 10.1. The number of carbonyl (C=O) groups is 1. The topological polar surface area (TPSA) is 96.2 Å². The summed E-state index contributed by atoms with van der Waals surface area (Å²) in [4.78, 5) is 27.2.